The van der Waals surface area contributed by atoms with E-state index in [4.69, 9.17) is 0 Å². The van der Waals surface area contributed by atoms with Crippen molar-refractivity contribution in [2.45, 2.75) is 32.0 Å². The highest BCUT2D eigenvalue weighted by Gasteiger charge is 2.35. The zero-order valence-corrected chi connectivity index (χ0v) is 13.1. The van der Waals surface area contributed by atoms with Gasteiger partial charge in [0, 0.05) is 22.7 Å². The maximum atomic E-state index is 13.2. The van der Waals surface area contributed by atoms with Crippen molar-refractivity contribution < 1.29 is 13.2 Å². The van der Waals surface area contributed by atoms with Crippen LogP contribution in [0.2, 0.25) is 0 Å². The number of piperidine rings is 1. The lowest BCUT2D eigenvalue weighted by molar-refractivity contribution is -0.137. The smallest absolute Gasteiger partial charge is 0.380 e. The molecule has 1 fully saturated rings. The SMILES string of the molecule is Cc1cc(Br)cc(C(F)(F)F)c1NC1CCCN(C)C1. The van der Waals surface area contributed by atoms with E-state index in [1.165, 1.54) is 0 Å². The Morgan fingerprint density at radius 3 is 2.65 bits per heavy atom. The summed E-state index contributed by atoms with van der Waals surface area (Å²) in [7, 11) is 1.99. The van der Waals surface area contributed by atoms with Gasteiger partial charge in [-0.05, 0) is 51.1 Å². The van der Waals surface area contributed by atoms with Gasteiger partial charge < -0.3 is 10.2 Å². The second-order valence-electron chi connectivity index (χ2n) is 5.39. The molecular weight excluding hydrogens is 333 g/mol. The first-order chi connectivity index (χ1) is 9.27. The van der Waals surface area contributed by atoms with Crippen molar-refractivity contribution in [3.63, 3.8) is 0 Å². The minimum Gasteiger partial charge on any atom is -0.380 e. The number of halogens is 4. The van der Waals surface area contributed by atoms with E-state index in [0.717, 1.165) is 32.0 Å². The van der Waals surface area contributed by atoms with Crippen LogP contribution in [-0.4, -0.2) is 31.1 Å². The van der Waals surface area contributed by atoms with E-state index in [1.807, 2.05) is 7.05 Å². The molecule has 0 bridgehead atoms. The van der Waals surface area contributed by atoms with E-state index in [9.17, 15) is 13.2 Å². The molecule has 20 heavy (non-hydrogen) atoms. The number of likely N-dealkylation sites (tertiary alicyclic amines) is 1. The first kappa shape index (κ1) is 15.6. The molecule has 0 aromatic heterocycles. The molecule has 1 N–H and O–H groups in total. The van der Waals surface area contributed by atoms with Gasteiger partial charge in [-0.2, -0.15) is 13.2 Å². The monoisotopic (exact) mass is 350 g/mol. The predicted octanol–water partition coefficient (Wildman–Crippen LogP) is 4.28. The zero-order chi connectivity index (χ0) is 14.9. The van der Waals surface area contributed by atoms with Crippen LogP contribution < -0.4 is 5.32 Å². The molecule has 0 saturated carbocycles. The Kier molecular flexibility index (Phi) is 4.64. The van der Waals surface area contributed by atoms with Crippen molar-refractivity contribution in [1.29, 1.82) is 0 Å². The van der Waals surface area contributed by atoms with Gasteiger partial charge in [-0.25, -0.2) is 0 Å². The molecule has 1 aliphatic heterocycles. The van der Waals surface area contributed by atoms with Crippen LogP contribution in [0.4, 0.5) is 18.9 Å². The fourth-order valence-electron chi connectivity index (χ4n) is 2.65. The zero-order valence-electron chi connectivity index (χ0n) is 11.5. The third-order valence-corrected chi connectivity index (χ3v) is 4.04. The third kappa shape index (κ3) is 3.67. The molecule has 1 aromatic carbocycles. The second-order valence-corrected chi connectivity index (χ2v) is 6.30. The van der Waals surface area contributed by atoms with Crippen molar-refractivity contribution in [1.82, 2.24) is 4.90 Å². The molecule has 1 aromatic rings. The van der Waals surface area contributed by atoms with Gasteiger partial charge in [0.25, 0.3) is 0 Å². The highest BCUT2D eigenvalue weighted by atomic mass is 79.9. The third-order valence-electron chi connectivity index (χ3n) is 3.58. The van der Waals surface area contributed by atoms with Crippen LogP contribution in [0, 0.1) is 6.92 Å². The average molecular weight is 351 g/mol. The summed E-state index contributed by atoms with van der Waals surface area (Å²) in [4.78, 5) is 2.14. The summed E-state index contributed by atoms with van der Waals surface area (Å²) in [6, 6.07) is 2.92. The molecule has 0 radical (unpaired) electrons. The number of anilines is 1. The van der Waals surface area contributed by atoms with Gasteiger partial charge in [-0.3, -0.25) is 0 Å². The number of aryl methyl sites for hydroxylation is 1. The largest absolute Gasteiger partial charge is 0.418 e. The highest BCUT2D eigenvalue weighted by Crippen LogP contribution is 2.39. The number of likely N-dealkylation sites (N-methyl/N-ethyl adjacent to an activating group) is 1. The Morgan fingerprint density at radius 1 is 1.35 bits per heavy atom. The second kappa shape index (κ2) is 5.93. The fourth-order valence-corrected chi connectivity index (χ4v) is 3.22. The van der Waals surface area contributed by atoms with E-state index < -0.39 is 11.7 Å². The van der Waals surface area contributed by atoms with E-state index in [2.05, 4.69) is 26.1 Å². The van der Waals surface area contributed by atoms with Crippen molar-refractivity contribution in [3.05, 3.63) is 27.7 Å². The number of hydrogen-bond donors (Lipinski definition) is 1. The topological polar surface area (TPSA) is 15.3 Å². The Hall–Kier alpha value is -0.750. The van der Waals surface area contributed by atoms with Gasteiger partial charge in [0.15, 0.2) is 0 Å². The molecule has 1 unspecified atom stereocenters. The minimum absolute atomic E-state index is 0.0646. The average Bonchev–Trinajstić information content (AvgIpc) is 2.31. The van der Waals surface area contributed by atoms with Gasteiger partial charge in [0.05, 0.1) is 5.56 Å². The van der Waals surface area contributed by atoms with Crippen molar-refractivity contribution in [2.75, 3.05) is 25.5 Å². The van der Waals surface area contributed by atoms with Crippen LogP contribution >= 0.6 is 15.9 Å². The van der Waals surface area contributed by atoms with Crippen LogP contribution in [0.1, 0.15) is 24.0 Å². The maximum Gasteiger partial charge on any atom is 0.418 e. The molecule has 1 heterocycles. The lowest BCUT2D eigenvalue weighted by Gasteiger charge is -2.32. The Bertz CT molecular complexity index is 488. The van der Waals surface area contributed by atoms with E-state index >= 15 is 0 Å². The van der Waals surface area contributed by atoms with Gasteiger partial charge >= 0.3 is 6.18 Å². The fraction of sp³-hybridized carbons (Fsp3) is 0.571. The Morgan fingerprint density at radius 2 is 2.05 bits per heavy atom. The van der Waals surface area contributed by atoms with Crippen LogP contribution in [0.3, 0.4) is 0 Å². The molecule has 0 aliphatic carbocycles. The summed E-state index contributed by atoms with van der Waals surface area (Å²) in [5.41, 5.74) is 0.221. The number of nitrogens with one attached hydrogen (secondary N) is 1. The molecule has 2 nitrogen and oxygen atoms in total. The Labute approximate surface area is 125 Å². The van der Waals surface area contributed by atoms with Gasteiger partial charge in [-0.15, -0.1) is 0 Å². The van der Waals surface area contributed by atoms with Crippen LogP contribution in [0.25, 0.3) is 0 Å². The van der Waals surface area contributed by atoms with Gasteiger partial charge in [0.2, 0.25) is 0 Å². The lowest BCUT2D eigenvalue weighted by atomic mass is 10.0. The Balaban J connectivity index is 2.30. The number of benzene rings is 1. The summed E-state index contributed by atoms with van der Waals surface area (Å²) < 4.78 is 40.0. The normalized spacial score (nSPS) is 21.0. The van der Waals surface area contributed by atoms with Gasteiger partial charge in [0.1, 0.15) is 0 Å². The molecule has 1 saturated heterocycles. The molecule has 6 heteroatoms. The molecule has 0 spiro atoms. The molecule has 1 atom stereocenters. The van der Waals surface area contributed by atoms with E-state index in [1.54, 1.807) is 13.0 Å². The van der Waals surface area contributed by atoms with Crippen LogP contribution in [0.5, 0.6) is 0 Å². The predicted molar refractivity (Wildman–Crippen MR) is 78.0 cm³/mol. The molecule has 2 rings (SSSR count). The van der Waals surface area contributed by atoms with Crippen molar-refractivity contribution in [3.8, 4) is 0 Å². The number of alkyl halides is 3. The van der Waals surface area contributed by atoms with Crippen molar-refractivity contribution >= 4 is 21.6 Å². The summed E-state index contributed by atoms with van der Waals surface area (Å²) in [6.45, 7) is 3.48. The molecule has 1 aliphatic rings. The van der Waals surface area contributed by atoms with Crippen LogP contribution in [0.15, 0.2) is 16.6 Å². The van der Waals surface area contributed by atoms with Crippen LogP contribution in [-0.2, 0) is 6.18 Å². The first-order valence-electron chi connectivity index (χ1n) is 6.60. The molecular formula is C14H18BrF3N2. The number of hydrogen-bond acceptors (Lipinski definition) is 2. The van der Waals surface area contributed by atoms with Gasteiger partial charge in [-0.1, -0.05) is 15.9 Å². The first-order valence-corrected chi connectivity index (χ1v) is 7.39. The highest BCUT2D eigenvalue weighted by molar-refractivity contribution is 9.10. The quantitative estimate of drug-likeness (QED) is 0.856. The maximum absolute atomic E-state index is 13.2. The van der Waals surface area contributed by atoms with E-state index in [-0.39, 0.29) is 11.7 Å². The number of rotatable bonds is 2. The summed E-state index contributed by atoms with van der Waals surface area (Å²) in [5.74, 6) is 0. The summed E-state index contributed by atoms with van der Waals surface area (Å²) in [5, 5.41) is 3.10. The minimum atomic E-state index is -4.35. The summed E-state index contributed by atoms with van der Waals surface area (Å²) in [6.07, 6.45) is -2.44. The lowest BCUT2D eigenvalue weighted by Crippen LogP contribution is -2.40. The number of nitrogens with zero attached hydrogens (tertiary/aromatic N) is 1. The summed E-state index contributed by atoms with van der Waals surface area (Å²) >= 11 is 3.14. The van der Waals surface area contributed by atoms with E-state index in [0.29, 0.717) is 10.0 Å². The van der Waals surface area contributed by atoms with Crippen molar-refractivity contribution in [2.24, 2.45) is 0 Å². The standard InChI is InChI=1S/C14H18BrF3N2/c1-9-6-10(15)7-12(14(16,17)18)13(9)19-11-4-3-5-20(2)8-11/h6-7,11,19H,3-5,8H2,1-2H3. The molecule has 112 valence electrons. The molecule has 0 amide bonds.